The molecule has 5 heteroatoms. The molecular formula is C11H21N5. The number of nitrogens with one attached hydrogen (secondary N) is 1. The summed E-state index contributed by atoms with van der Waals surface area (Å²) in [6.07, 6.45) is 4.04. The maximum atomic E-state index is 4.26. The van der Waals surface area contributed by atoms with Crippen LogP contribution in [0.15, 0.2) is 12.4 Å². The van der Waals surface area contributed by atoms with E-state index in [-0.39, 0.29) is 0 Å². The lowest BCUT2D eigenvalue weighted by Crippen LogP contribution is -2.50. The molecule has 1 aromatic rings. The monoisotopic (exact) mass is 223 g/mol. The highest BCUT2D eigenvalue weighted by Crippen LogP contribution is 2.00. The van der Waals surface area contributed by atoms with E-state index in [2.05, 4.69) is 40.6 Å². The zero-order valence-corrected chi connectivity index (χ0v) is 10.2. The van der Waals surface area contributed by atoms with Gasteiger partial charge in [-0.05, 0) is 14.0 Å². The minimum absolute atomic E-state index is 0.879. The number of hydrogen-bond donors (Lipinski definition) is 1. The van der Waals surface area contributed by atoms with Gasteiger partial charge in [0, 0.05) is 51.0 Å². The lowest BCUT2D eigenvalue weighted by molar-refractivity contribution is 0.102. The molecule has 0 aliphatic carbocycles. The SMILES string of the molecule is CCn1cc(CNN2CCN(C)CC2)cn1. The van der Waals surface area contributed by atoms with E-state index in [0.717, 1.165) is 39.3 Å². The van der Waals surface area contributed by atoms with Gasteiger partial charge in [0.1, 0.15) is 0 Å². The van der Waals surface area contributed by atoms with Crippen LogP contribution in [0.1, 0.15) is 12.5 Å². The molecule has 1 N–H and O–H groups in total. The minimum Gasteiger partial charge on any atom is -0.304 e. The Morgan fingerprint density at radius 2 is 2.06 bits per heavy atom. The maximum Gasteiger partial charge on any atom is 0.0535 e. The molecule has 0 spiro atoms. The summed E-state index contributed by atoms with van der Waals surface area (Å²) in [5, 5.41) is 6.56. The number of nitrogens with zero attached hydrogens (tertiary/aromatic N) is 4. The van der Waals surface area contributed by atoms with Crippen molar-refractivity contribution in [2.75, 3.05) is 33.2 Å². The summed E-state index contributed by atoms with van der Waals surface area (Å²) in [7, 11) is 2.17. The van der Waals surface area contributed by atoms with Crippen molar-refractivity contribution in [2.24, 2.45) is 0 Å². The predicted molar refractivity (Wildman–Crippen MR) is 63.8 cm³/mol. The van der Waals surface area contributed by atoms with Crippen LogP contribution in [-0.2, 0) is 13.1 Å². The minimum atomic E-state index is 0.879. The van der Waals surface area contributed by atoms with Crippen LogP contribution in [0.4, 0.5) is 0 Å². The molecule has 2 rings (SSSR count). The fraction of sp³-hybridized carbons (Fsp3) is 0.727. The van der Waals surface area contributed by atoms with Gasteiger partial charge in [0.2, 0.25) is 0 Å². The van der Waals surface area contributed by atoms with Gasteiger partial charge in [0.15, 0.2) is 0 Å². The first-order valence-electron chi connectivity index (χ1n) is 5.96. The molecule has 0 amide bonds. The summed E-state index contributed by atoms with van der Waals surface area (Å²) in [4.78, 5) is 2.35. The average molecular weight is 223 g/mol. The first kappa shape index (κ1) is 11.6. The molecule has 5 nitrogen and oxygen atoms in total. The quantitative estimate of drug-likeness (QED) is 0.788. The van der Waals surface area contributed by atoms with Crippen molar-refractivity contribution in [3.8, 4) is 0 Å². The average Bonchev–Trinajstić information content (AvgIpc) is 2.76. The largest absolute Gasteiger partial charge is 0.304 e. The van der Waals surface area contributed by atoms with Crippen molar-refractivity contribution in [3.63, 3.8) is 0 Å². The van der Waals surface area contributed by atoms with Crippen LogP contribution in [-0.4, -0.2) is 52.9 Å². The second-order valence-electron chi connectivity index (χ2n) is 4.33. The second kappa shape index (κ2) is 5.43. The number of likely N-dealkylation sites (N-methyl/N-ethyl adjacent to an activating group) is 1. The highest BCUT2D eigenvalue weighted by atomic mass is 15.5. The highest BCUT2D eigenvalue weighted by Gasteiger charge is 2.12. The van der Waals surface area contributed by atoms with E-state index in [9.17, 15) is 0 Å². The van der Waals surface area contributed by atoms with Crippen LogP contribution >= 0.6 is 0 Å². The number of rotatable bonds is 4. The van der Waals surface area contributed by atoms with Gasteiger partial charge < -0.3 is 4.90 Å². The first-order valence-corrected chi connectivity index (χ1v) is 5.96. The van der Waals surface area contributed by atoms with Crippen molar-refractivity contribution in [3.05, 3.63) is 18.0 Å². The number of hydrogen-bond acceptors (Lipinski definition) is 4. The van der Waals surface area contributed by atoms with E-state index >= 15 is 0 Å². The van der Waals surface area contributed by atoms with Crippen LogP contribution in [0.5, 0.6) is 0 Å². The van der Waals surface area contributed by atoms with Gasteiger partial charge in [0.05, 0.1) is 6.20 Å². The molecule has 0 atom stereocenters. The molecule has 0 aromatic carbocycles. The molecule has 1 saturated heterocycles. The van der Waals surface area contributed by atoms with Crippen LogP contribution in [0.25, 0.3) is 0 Å². The summed E-state index contributed by atoms with van der Waals surface area (Å²) in [5.74, 6) is 0. The van der Waals surface area contributed by atoms with E-state index in [4.69, 9.17) is 0 Å². The number of piperazine rings is 1. The molecule has 0 radical (unpaired) electrons. The molecule has 1 fully saturated rings. The third-order valence-electron chi connectivity index (χ3n) is 3.02. The topological polar surface area (TPSA) is 36.3 Å². The van der Waals surface area contributed by atoms with E-state index in [0.29, 0.717) is 0 Å². The summed E-state index contributed by atoms with van der Waals surface area (Å²) in [5.41, 5.74) is 4.70. The fourth-order valence-electron chi connectivity index (χ4n) is 1.84. The highest BCUT2D eigenvalue weighted by molar-refractivity contribution is 5.02. The van der Waals surface area contributed by atoms with Gasteiger partial charge in [-0.2, -0.15) is 5.10 Å². The van der Waals surface area contributed by atoms with Crippen molar-refractivity contribution in [1.82, 2.24) is 25.1 Å². The summed E-state index contributed by atoms with van der Waals surface area (Å²) >= 11 is 0. The lowest BCUT2D eigenvalue weighted by atomic mass is 10.3. The van der Waals surface area contributed by atoms with E-state index in [1.165, 1.54) is 5.56 Å². The van der Waals surface area contributed by atoms with E-state index < -0.39 is 0 Å². The van der Waals surface area contributed by atoms with Crippen molar-refractivity contribution in [1.29, 1.82) is 0 Å². The molecule has 1 aliphatic rings. The Kier molecular flexibility index (Phi) is 3.93. The number of aromatic nitrogens is 2. The lowest BCUT2D eigenvalue weighted by Gasteiger charge is -2.32. The maximum absolute atomic E-state index is 4.26. The van der Waals surface area contributed by atoms with Crippen LogP contribution < -0.4 is 5.43 Å². The van der Waals surface area contributed by atoms with E-state index in [1.807, 2.05) is 10.9 Å². The Morgan fingerprint density at radius 3 is 2.69 bits per heavy atom. The van der Waals surface area contributed by atoms with Gasteiger partial charge in [-0.15, -0.1) is 0 Å². The molecule has 0 bridgehead atoms. The Morgan fingerprint density at radius 1 is 1.31 bits per heavy atom. The predicted octanol–water partition coefficient (Wildman–Crippen LogP) is 0.155. The molecule has 0 saturated carbocycles. The normalized spacial score (nSPS) is 19.1. The second-order valence-corrected chi connectivity index (χ2v) is 4.33. The Hall–Kier alpha value is -0.910. The fourth-order valence-corrected chi connectivity index (χ4v) is 1.84. The number of hydrazine groups is 1. The summed E-state index contributed by atoms with van der Waals surface area (Å²) in [6, 6.07) is 0. The Balaban J connectivity index is 1.74. The molecule has 2 heterocycles. The zero-order chi connectivity index (χ0) is 11.4. The smallest absolute Gasteiger partial charge is 0.0535 e. The molecular weight excluding hydrogens is 202 g/mol. The van der Waals surface area contributed by atoms with Gasteiger partial charge in [0.25, 0.3) is 0 Å². The van der Waals surface area contributed by atoms with Gasteiger partial charge in [-0.1, -0.05) is 0 Å². The zero-order valence-electron chi connectivity index (χ0n) is 10.2. The van der Waals surface area contributed by atoms with Crippen molar-refractivity contribution in [2.45, 2.75) is 20.0 Å². The third-order valence-corrected chi connectivity index (χ3v) is 3.02. The van der Waals surface area contributed by atoms with Gasteiger partial charge >= 0.3 is 0 Å². The summed E-state index contributed by atoms with van der Waals surface area (Å²) in [6.45, 7) is 8.39. The van der Waals surface area contributed by atoms with Crippen LogP contribution in [0, 0.1) is 0 Å². The van der Waals surface area contributed by atoms with Crippen LogP contribution in [0.2, 0.25) is 0 Å². The van der Waals surface area contributed by atoms with E-state index in [1.54, 1.807) is 0 Å². The van der Waals surface area contributed by atoms with Gasteiger partial charge in [-0.25, -0.2) is 5.01 Å². The summed E-state index contributed by atoms with van der Waals surface area (Å²) < 4.78 is 1.96. The van der Waals surface area contributed by atoms with Crippen LogP contribution in [0.3, 0.4) is 0 Å². The molecule has 16 heavy (non-hydrogen) atoms. The Bertz CT molecular complexity index is 314. The van der Waals surface area contributed by atoms with Crippen molar-refractivity contribution >= 4 is 0 Å². The number of aryl methyl sites for hydroxylation is 1. The van der Waals surface area contributed by atoms with Gasteiger partial charge in [-0.3, -0.25) is 10.1 Å². The third kappa shape index (κ3) is 3.04. The molecule has 0 unspecified atom stereocenters. The molecule has 1 aromatic heterocycles. The Labute approximate surface area is 97.0 Å². The standard InChI is InChI=1S/C11H21N5/c1-3-15-10-11(8-12-15)9-13-16-6-4-14(2)5-7-16/h8,10,13H,3-7,9H2,1-2H3. The molecule has 90 valence electrons. The molecule has 1 aliphatic heterocycles. The van der Waals surface area contributed by atoms with Crippen molar-refractivity contribution < 1.29 is 0 Å². The first-order chi connectivity index (χ1) is 7.78.